The van der Waals surface area contributed by atoms with E-state index in [9.17, 15) is 23.7 Å². The normalized spacial score (nSPS) is 10.2. The van der Waals surface area contributed by atoms with Gasteiger partial charge in [-0.05, 0) is 18.2 Å². The molecule has 0 atom stereocenters. The third kappa shape index (κ3) is 3.11. The molecule has 2 rings (SSSR count). The Morgan fingerprint density at radius 1 is 1.19 bits per heavy atom. The maximum Gasteiger partial charge on any atom is 0.335 e. The largest absolute Gasteiger partial charge is 0.478 e. The van der Waals surface area contributed by atoms with Crippen molar-refractivity contribution in [1.29, 1.82) is 0 Å². The van der Waals surface area contributed by atoms with Crippen molar-refractivity contribution < 1.29 is 28.3 Å². The summed E-state index contributed by atoms with van der Waals surface area (Å²) in [5, 5.41) is 19.3. The summed E-state index contributed by atoms with van der Waals surface area (Å²) in [6, 6.07) is 6.01. The van der Waals surface area contributed by atoms with Crippen LogP contribution in [0.2, 0.25) is 0 Å². The SMILES string of the molecule is O=C(O)c1cccc(Oc2c(F)cc([N+](=O)[O-])cc2F)c1. The number of hydrogen-bond acceptors (Lipinski definition) is 4. The van der Waals surface area contributed by atoms with Gasteiger partial charge < -0.3 is 9.84 Å². The summed E-state index contributed by atoms with van der Waals surface area (Å²) >= 11 is 0. The molecule has 0 fully saturated rings. The Balaban J connectivity index is 2.38. The molecule has 0 unspecified atom stereocenters. The quantitative estimate of drug-likeness (QED) is 0.690. The highest BCUT2D eigenvalue weighted by Gasteiger charge is 2.19. The van der Waals surface area contributed by atoms with Crippen LogP contribution in [0.1, 0.15) is 10.4 Å². The molecule has 0 spiro atoms. The molecule has 0 heterocycles. The highest BCUT2D eigenvalue weighted by Crippen LogP contribution is 2.31. The molecule has 0 amide bonds. The van der Waals surface area contributed by atoms with E-state index in [1.54, 1.807) is 0 Å². The number of carboxylic acids is 1. The molecule has 8 heteroatoms. The van der Waals surface area contributed by atoms with Gasteiger partial charge in [-0.1, -0.05) is 6.07 Å². The number of rotatable bonds is 4. The Bertz CT molecular complexity index is 709. The van der Waals surface area contributed by atoms with E-state index in [4.69, 9.17) is 9.84 Å². The number of ether oxygens (including phenoxy) is 1. The first-order chi connectivity index (χ1) is 9.88. The second kappa shape index (κ2) is 5.53. The Morgan fingerprint density at radius 3 is 2.33 bits per heavy atom. The van der Waals surface area contributed by atoms with E-state index in [1.807, 2.05) is 0 Å². The molecule has 2 aromatic carbocycles. The number of nitrogens with zero attached hydrogens (tertiary/aromatic N) is 1. The molecule has 0 saturated heterocycles. The minimum Gasteiger partial charge on any atom is -0.478 e. The summed E-state index contributed by atoms with van der Waals surface area (Å²) < 4.78 is 32.2. The minimum absolute atomic E-state index is 0.110. The van der Waals surface area contributed by atoms with Crippen molar-refractivity contribution in [3.05, 3.63) is 63.7 Å². The van der Waals surface area contributed by atoms with Gasteiger partial charge in [0.15, 0.2) is 17.4 Å². The van der Waals surface area contributed by atoms with E-state index in [0.29, 0.717) is 12.1 Å². The smallest absolute Gasteiger partial charge is 0.335 e. The molecule has 1 N–H and O–H groups in total. The lowest BCUT2D eigenvalue weighted by Crippen LogP contribution is -1.99. The van der Waals surface area contributed by atoms with Gasteiger partial charge in [0, 0.05) is 0 Å². The van der Waals surface area contributed by atoms with E-state index in [1.165, 1.54) is 18.2 Å². The van der Waals surface area contributed by atoms with Gasteiger partial charge in [-0.15, -0.1) is 0 Å². The summed E-state index contributed by atoms with van der Waals surface area (Å²) in [5.41, 5.74) is -0.883. The van der Waals surface area contributed by atoms with Gasteiger partial charge >= 0.3 is 5.97 Å². The maximum absolute atomic E-state index is 13.6. The van der Waals surface area contributed by atoms with Crippen molar-refractivity contribution in [3.63, 3.8) is 0 Å². The van der Waals surface area contributed by atoms with Crippen LogP contribution in [0.15, 0.2) is 36.4 Å². The number of halogens is 2. The molecule has 0 radical (unpaired) electrons. The molecule has 0 aliphatic carbocycles. The molecule has 6 nitrogen and oxygen atoms in total. The van der Waals surface area contributed by atoms with E-state index < -0.39 is 34.0 Å². The van der Waals surface area contributed by atoms with Gasteiger partial charge in [0.1, 0.15) is 5.75 Å². The lowest BCUT2D eigenvalue weighted by atomic mass is 10.2. The second-order valence-electron chi connectivity index (χ2n) is 3.93. The van der Waals surface area contributed by atoms with Crippen LogP contribution >= 0.6 is 0 Å². The zero-order valence-corrected chi connectivity index (χ0v) is 10.2. The third-order valence-electron chi connectivity index (χ3n) is 2.49. The van der Waals surface area contributed by atoms with Crippen LogP contribution in [0.25, 0.3) is 0 Å². The highest BCUT2D eigenvalue weighted by atomic mass is 19.1. The average Bonchev–Trinajstić information content (AvgIpc) is 2.42. The van der Waals surface area contributed by atoms with Crippen LogP contribution < -0.4 is 4.74 Å². The summed E-state index contributed by atoms with van der Waals surface area (Å²) in [6.45, 7) is 0. The summed E-state index contributed by atoms with van der Waals surface area (Å²) in [6.07, 6.45) is 0. The van der Waals surface area contributed by atoms with Crippen molar-refractivity contribution in [3.8, 4) is 11.5 Å². The molecule has 0 aliphatic rings. The van der Waals surface area contributed by atoms with Crippen molar-refractivity contribution in [2.45, 2.75) is 0 Å². The molecule has 21 heavy (non-hydrogen) atoms. The van der Waals surface area contributed by atoms with Gasteiger partial charge in [-0.3, -0.25) is 10.1 Å². The maximum atomic E-state index is 13.6. The van der Waals surface area contributed by atoms with Crippen molar-refractivity contribution in [2.75, 3.05) is 0 Å². The fourth-order valence-corrected chi connectivity index (χ4v) is 1.56. The number of nitro groups is 1. The number of benzene rings is 2. The van der Waals surface area contributed by atoms with Crippen LogP contribution in [0.4, 0.5) is 14.5 Å². The Hall–Kier alpha value is -3.03. The molecule has 108 valence electrons. The Kier molecular flexibility index (Phi) is 3.79. The van der Waals surface area contributed by atoms with Crippen LogP contribution in [0.5, 0.6) is 11.5 Å². The third-order valence-corrected chi connectivity index (χ3v) is 2.49. The van der Waals surface area contributed by atoms with Crippen LogP contribution in [-0.4, -0.2) is 16.0 Å². The second-order valence-corrected chi connectivity index (χ2v) is 3.93. The van der Waals surface area contributed by atoms with Gasteiger partial charge in [0.05, 0.1) is 22.6 Å². The van der Waals surface area contributed by atoms with Gasteiger partial charge in [-0.25, -0.2) is 13.6 Å². The zero-order chi connectivity index (χ0) is 15.6. The molecule has 0 aromatic heterocycles. The lowest BCUT2D eigenvalue weighted by Gasteiger charge is -2.08. The molecule has 0 bridgehead atoms. The van der Waals surface area contributed by atoms with Crippen LogP contribution in [0.3, 0.4) is 0 Å². The number of carbonyl (C=O) groups is 1. The van der Waals surface area contributed by atoms with Crippen molar-refractivity contribution in [2.24, 2.45) is 0 Å². The van der Waals surface area contributed by atoms with E-state index in [2.05, 4.69) is 0 Å². The highest BCUT2D eigenvalue weighted by molar-refractivity contribution is 5.88. The number of carboxylic acid groups (broad SMARTS) is 1. The average molecular weight is 295 g/mol. The number of non-ortho nitro benzene ring substituents is 1. The summed E-state index contributed by atoms with van der Waals surface area (Å²) in [4.78, 5) is 20.3. The predicted octanol–water partition coefficient (Wildman–Crippen LogP) is 3.36. The van der Waals surface area contributed by atoms with Gasteiger partial charge in [-0.2, -0.15) is 0 Å². The summed E-state index contributed by atoms with van der Waals surface area (Å²) in [5.74, 6) is -4.71. The monoisotopic (exact) mass is 295 g/mol. The molecule has 0 aliphatic heterocycles. The fourth-order valence-electron chi connectivity index (χ4n) is 1.56. The molecular formula is C13H7F2NO5. The first kappa shape index (κ1) is 14.4. The van der Waals surface area contributed by atoms with Crippen LogP contribution in [0, 0.1) is 21.7 Å². The van der Waals surface area contributed by atoms with E-state index in [-0.39, 0.29) is 11.3 Å². The summed E-state index contributed by atoms with van der Waals surface area (Å²) in [7, 11) is 0. The first-order valence-corrected chi connectivity index (χ1v) is 5.53. The van der Waals surface area contributed by atoms with Crippen LogP contribution in [-0.2, 0) is 0 Å². The number of aromatic carboxylic acids is 1. The standard InChI is InChI=1S/C13H7F2NO5/c14-10-5-8(16(19)20)6-11(15)12(10)21-9-3-1-2-7(4-9)13(17)18/h1-6H,(H,17,18). The van der Waals surface area contributed by atoms with Crippen molar-refractivity contribution in [1.82, 2.24) is 0 Å². The first-order valence-electron chi connectivity index (χ1n) is 5.53. The zero-order valence-electron chi connectivity index (χ0n) is 10.2. The Morgan fingerprint density at radius 2 is 1.81 bits per heavy atom. The number of nitro benzene ring substituents is 1. The van der Waals surface area contributed by atoms with Crippen molar-refractivity contribution >= 4 is 11.7 Å². The lowest BCUT2D eigenvalue weighted by molar-refractivity contribution is -0.385. The topological polar surface area (TPSA) is 89.7 Å². The Labute approximate surface area is 116 Å². The molecular weight excluding hydrogens is 288 g/mol. The minimum atomic E-state index is -1.26. The van der Waals surface area contributed by atoms with E-state index in [0.717, 1.165) is 6.07 Å². The molecule has 2 aromatic rings. The van der Waals surface area contributed by atoms with Gasteiger partial charge in [0.25, 0.3) is 5.69 Å². The number of hydrogen-bond donors (Lipinski definition) is 1. The predicted molar refractivity (Wildman–Crippen MR) is 66.5 cm³/mol. The van der Waals surface area contributed by atoms with E-state index >= 15 is 0 Å². The molecule has 0 saturated carbocycles. The fraction of sp³-hybridized carbons (Fsp3) is 0. The van der Waals surface area contributed by atoms with Gasteiger partial charge in [0.2, 0.25) is 0 Å².